The van der Waals surface area contributed by atoms with E-state index in [2.05, 4.69) is 10.6 Å². The molecule has 29 heavy (non-hydrogen) atoms. The third kappa shape index (κ3) is 5.47. The first-order chi connectivity index (χ1) is 13.9. The van der Waals surface area contributed by atoms with Crippen molar-refractivity contribution in [3.05, 3.63) is 53.1 Å². The molecule has 0 atom stereocenters. The molecular weight excluding hydrogens is 376 g/mol. The first-order valence-electron chi connectivity index (χ1n) is 9.17. The number of hydrogen-bond donors (Lipinski definition) is 2. The van der Waals surface area contributed by atoms with Crippen molar-refractivity contribution in [1.29, 1.82) is 0 Å². The van der Waals surface area contributed by atoms with Crippen LogP contribution in [0.15, 0.2) is 36.4 Å². The predicted octanol–water partition coefficient (Wildman–Crippen LogP) is 2.97. The highest BCUT2D eigenvalue weighted by Crippen LogP contribution is 2.30. The number of anilines is 1. The second-order valence-electron chi connectivity index (χ2n) is 6.61. The van der Waals surface area contributed by atoms with Crippen LogP contribution >= 0.6 is 0 Å². The summed E-state index contributed by atoms with van der Waals surface area (Å²) in [6.07, 6.45) is 0.749. The van der Waals surface area contributed by atoms with Crippen LogP contribution in [0.4, 0.5) is 10.5 Å². The molecule has 0 saturated carbocycles. The molecule has 3 amide bonds. The topological polar surface area (TPSA) is 103 Å². The Kier molecular flexibility index (Phi) is 6.33. The van der Waals surface area contributed by atoms with E-state index in [4.69, 9.17) is 14.2 Å². The lowest BCUT2D eigenvalue weighted by atomic mass is 10.1. The fourth-order valence-corrected chi connectivity index (χ4v) is 2.77. The number of amides is 3. The van der Waals surface area contributed by atoms with Gasteiger partial charge in [-0.3, -0.25) is 10.1 Å². The normalized spacial score (nSPS) is 12.5. The van der Waals surface area contributed by atoms with Gasteiger partial charge >= 0.3 is 12.0 Å². The number of fused-ring (bicyclic) bond motifs is 1. The Hall–Kier alpha value is -3.55. The summed E-state index contributed by atoms with van der Waals surface area (Å²) in [5.74, 6) is -0.436. The monoisotopic (exact) mass is 398 g/mol. The summed E-state index contributed by atoms with van der Waals surface area (Å²) in [6.45, 7) is 4.23. The Bertz CT molecular complexity index is 941. The van der Waals surface area contributed by atoms with Crippen LogP contribution < -0.4 is 20.1 Å². The molecule has 0 spiro atoms. The standard InChI is InChI=1S/C21H22N2O6/c1-13-4-6-16(14(2)10-13)22-21(26)23-19(24)12-29-20(25)15-5-7-17-18(11-15)28-9-3-8-27-17/h4-7,10-11H,3,8-9,12H2,1-2H3,(H2,22,23,24,26). The van der Waals surface area contributed by atoms with Gasteiger partial charge in [-0.05, 0) is 43.7 Å². The summed E-state index contributed by atoms with van der Waals surface area (Å²) in [4.78, 5) is 36.0. The van der Waals surface area contributed by atoms with Crippen molar-refractivity contribution in [2.75, 3.05) is 25.1 Å². The number of aryl methyl sites for hydroxylation is 2. The number of hydrogen-bond acceptors (Lipinski definition) is 6. The Morgan fingerprint density at radius 1 is 1.00 bits per heavy atom. The lowest BCUT2D eigenvalue weighted by Gasteiger charge is -2.11. The highest BCUT2D eigenvalue weighted by atomic mass is 16.5. The van der Waals surface area contributed by atoms with Gasteiger partial charge in [0.05, 0.1) is 18.8 Å². The van der Waals surface area contributed by atoms with E-state index in [1.807, 2.05) is 26.0 Å². The van der Waals surface area contributed by atoms with Crippen molar-refractivity contribution in [3.8, 4) is 11.5 Å². The summed E-state index contributed by atoms with van der Waals surface area (Å²) in [6, 6.07) is 9.46. The average Bonchev–Trinajstić information content (AvgIpc) is 2.93. The first-order valence-corrected chi connectivity index (χ1v) is 9.17. The molecule has 2 aromatic carbocycles. The van der Waals surface area contributed by atoms with Crippen molar-refractivity contribution in [1.82, 2.24) is 5.32 Å². The van der Waals surface area contributed by atoms with Crippen molar-refractivity contribution >= 4 is 23.6 Å². The number of rotatable bonds is 4. The predicted molar refractivity (Wildman–Crippen MR) is 105 cm³/mol. The smallest absolute Gasteiger partial charge is 0.338 e. The zero-order chi connectivity index (χ0) is 20.8. The Balaban J connectivity index is 1.50. The molecule has 1 aliphatic rings. The minimum Gasteiger partial charge on any atom is -0.490 e. The van der Waals surface area contributed by atoms with Gasteiger partial charge in [0.1, 0.15) is 0 Å². The van der Waals surface area contributed by atoms with E-state index < -0.39 is 24.5 Å². The number of carbonyl (C=O) groups is 3. The molecule has 1 aliphatic heterocycles. The fourth-order valence-electron chi connectivity index (χ4n) is 2.77. The van der Waals surface area contributed by atoms with Gasteiger partial charge in [-0.2, -0.15) is 0 Å². The van der Waals surface area contributed by atoms with Gasteiger partial charge in [-0.25, -0.2) is 9.59 Å². The minimum absolute atomic E-state index is 0.224. The SMILES string of the molecule is Cc1ccc(NC(=O)NC(=O)COC(=O)c2ccc3c(c2)OCCCO3)c(C)c1. The Morgan fingerprint density at radius 2 is 1.76 bits per heavy atom. The van der Waals surface area contributed by atoms with E-state index in [1.54, 1.807) is 12.1 Å². The van der Waals surface area contributed by atoms with Crippen LogP contribution in [0.3, 0.4) is 0 Å². The summed E-state index contributed by atoms with van der Waals surface area (Å²) >= 11 is 0. The maximum absolute atomic E-state index is 12.2. The molecule has 0 radical (unpaired) electrons. The molecular formula is C21H22N2O6. The van der Waals surface area contributed by atoms with Gasteiger partial charge < -0.3 is 19.5 Å². The summed E-state index contributed by atoms with van der Waals surface area (Å²) in [5.41, 5.74) is 2.74. The number of ether oxygens (including phenoxy) is 3. The number of urea groups is 1. The van der Waals surface area contributed by atoms with Gasteiger partial charge in [-0.15, -0.1) is 0 Å². The van der Waals surface area contributed by atoms with Crippen LogP contribution in [0.1, 0.15) is 27.9 Å². The van der Waals surface area contributed by atoms with Crippen LogP contribution in [0.2, 0.25) is 0 Å². The Morgan fingerprint density at radius 3 is 2.52 bits per heavy atom. The fraction of sp³-hybridized carbons (Fsp3) is 0.286. The lowest BCUT2D eigenvalue weighted by molar-refractivity contribution is -0.123. The van der Waals surface area contributed by atoms with Crippen LogP contribution in [-0.2, 0) is 9.53 Å². The maximum atomic E-state index is 12.2. The molecule has 2 N–H and O–H groups in total. The maximum Gasteiger partial charge on any atom is 0.338 e. The highest BCUT2D eigenvalue weighted by Gasteiger charge is 2.17. The molecule has 2 aromatic rings. The van der Waals surface area contributed by atoms with Crippen molar-refractivity contribution in [2.45, 2.75) is 20.3 Å². The molecule has 0 unspecified atom stereocenters. The van der Waals surface area contributed by atoms with Gasteiger partial charge in [0.25, 0.3) is 5.91 Å². The third-order valence-electron chi connectivity index (χ3n) is 4.20. The zero-order valence-electron chi connectivity index (χ0n) is 16.2. The zero-order valence-corrected chi connectivity index (χ0v) is 16.2. The molecule has 0 bridgehead atoms. The largest absolute Gasteiger partial charge is 0.490 e. The van der Waals surface area contributed by atoms with Crippen LogP contribution in [0.5, 0.6) is 11.5 Å². The minimum atomic E-state index is -0.741. The summed E-state index contributed by atoms with van der Waals surface area (Å²) in [5, 5.41) is 4.71. The van der Waals surface area contributed by atoms with E-state index in [1.165, 1.54) is 12.1 Å². The molecule has 0 aliphatic carbocycles. The molecule has 3 rings (SSSR count). The van der Waals surface area contributed by atoms with E-state index in [0.29, 0.717) is 30.4 Å². The Labute approximate surface area is 168 Å². The first kappa shape index (κ1) is 20.2. The van der Waals surface area contributed by atoms with Crippen LogP contribution in [0, 0.1) is 13.8 Å². The van der Waals surface area contributed by atoms with Gasteiger partial charge in [0, 0.05) is 12.1 Å². The van der Waals surface area contributed by atoms with E-state index >= 15 is 0 Å². The second-order valence-corrected chi connectivity index (χ2v) is 6.61. The van der Waals surface area contributed by atoms with Crippen molar-refractivity contribution in [3.63, 3.8) is 0 Å². The second kappa shape index (κ2) is 9.09. The molecule has 8 nitrogen and oxygen atoms in total. The third-order valence-corrected chi connectivity index (χ3v) is 4.20. The van der Waals surface area contributed by atoms with Crippen molar-refractivity contribution in [2.24, 2.45) is 0 Å². The van der Waals surface area contributed by atoms with E-state index in [0.717, 1.165) is 17.5 Å². The number of imide groups is 1. The van der Waals surface area contributed by atoms with Gasteiger partial charge in [0.2, 0.25) is 0 Å². The number of esters is 1. The molecule has 0 fully saturated rings. The molecule has 0 aromatic heterocycles. The average molecular weight is 398 g/mol. The van der Waals surface area contributed by atoms with Gasteiger partial charge in [0.15, 0.2) is 18.1 Å². The number of benzene rings is 2. The van der Waals surface area contributed by atoms with Crippen LogP contribution in [-0.4, -0.2) is 37.7 Å². The van der Waals surface area contributed by atoms with Crippen LogP contribution in [0.25, 0.3) is 0 Å². The highest BCUT2D eigenvalue weighted by molar-refractivity contribution is 6.02. The molecule has 0 saturated heterocycles. The van der Waals surface area contributed by atoms with E-state index in [-0.39, 0.29) is 5.56 Å². The number of carbonyl (C=O) groups excluding carboxylic acids is 3. The van der Waals surface area contributed by atoms with Gasteiger partial charge in [-0.1, -0.05) is 17.7 Å². The van der Waals surface area contributed by atoms with E-state index in [9.17, 15) is 14.4 Å². The number of nitrogens with one attached hydrogen (secondary N) is 2. The quantitative estimate of drug-likeness (QED) is 0.768. The molecule has 152 valence electrons. The molecule has 1 heterocycles. The van der Waals surface area contributed by atoms with Crippen molar-refractivity contribution < 1.29 is 28.6 Å². The molecule has 8 heteroatoms. The summed E-state index contributed by atoms with van der Waals surface area (Å²) < 4.78 is 16.0. The lowest BCUT2D eigenvalue weighted by Crippen LogP contribution is -2.37. The summed E-state index contributed by atoms with van der Waals surface area (Å²) in [7, 11) is 0.